The van der Waals surface area contributed by atoms with Crippen LogP contribution in [0.2, 0.25) is 5.02 Å². The maximum atomic E-state index is 13.1. The second-order valence-electron chi connectivity index (χ2n) is 7.13. The predicted octanol–water partition coefficient (Wildman–Crippen LogP) is 5.09. The number of pyridine rings is 2. The molecule has 0 aliphatic carbocycles. The fraction of sp³-hybridized carbons (Fsp3) is 0.125. The van der Waals surface area contributed by atoms with Crippen LogP contribution in [0.15, 0.2) is 77.9 Å². The van der Waals surface area contributed by atoms with E-state index in [-0.39, 0.29) is 17.4 Å². The average molecular weight is 418 g/mol. The summed E-state index contributed by atoms with van der Waals surface area (Å²) in [6, 6.07) is 18.0. The number of aromatic nitrogens is 2. The molecule has 0 fully saturated rings. The highest BCUT2D eigenvalue weighted by molar-refractivity contribution is 6.30. The summed E-state index contributed by atoms with van der Waals surface area (Å²) in [6.45, 7) is 3.70. The van der Waals surface area contributed by atoms with Crippen LogP contribution in [0.25, 0.3) is 16.5 Å². The van der Waals surface area contributed by atoms with Gasteiger partial charge in [-0.05, 0) is 61.9 Å². The Balaban J connectivity index is 1.70. The van der Waals surface area contributed by atoms with Crippen molar-refractivity contribution in [1.29, 1.82) is 0 Å². The van der Waals surface area contributed by atoms with Gasteiger partial charge < -0.3 is 5.32 Å². The molecule has 1 amide bonds. The van der Waals surface area contributed by atoms with E-state index in [1.54, 1.807) is 53.4 Å². The van der Waals surface area contributed by atoms with Gasteiger partial charge in [0, 0.05) is 33.9 Å². The van der Waals surface area contributed by atoms with Crippen LogP contribution >= 0.6 is 11.6 Å². The van der Waals surface area contributed by atoms with Crippen molar-refractivity contribution in [2.24, 2.45) is 0 Å². The van der Waals surface area contributed by atoms with E-state index in [2.05, 4.69) is 10.3 Å². The topological polar surface area (TPSA) is 64.0 Å². The van der Waals surface area contributed by atoms with Gasteiger partial charge in [0.2, 0.25) is 5.91 Å². The first-order valence-corrected chi connectivity index (χ1v) is 9.96. The quantitative estimate of drug-likeness (QED) is 0.503. The molecule has 6 heteroatoms. The van der Waals surface area contributed by atoms with Gasteiger partial charge in [-0.3, -0.25) is 19.1 Å². The minimum atomic E-state index is -0.365. The van der Waals surface area contributed by atoms with Gasteiger partial charge in [-0.2, -0.15) is 0 Å². The van der Waals surface area contributed by atoms with Crippen molar-refractivity contribution in [3.8, 4) is 5.69 Å². The lowest BCUT2D eigenvalue weighted by Gasteiger charge is -2.15. The maximum Gasteiger partial charge on any atom is 0.263 e. The molecule has 0 unspecified atom stereocenters. The van der Waals surface area contributed by atoms with E-state index >= 15 is 0 Å². The fourth-order valence-electron chi connectivity index (χ4n) is 3.45. The van der Waals surface area contributed by atoms with E-state index in [4.69, 9.17) is 11.6 Å². The van der Waals surface area contributed by atoms with Crippen LogP contribution in [-0.2, 0) is 4.79 Å². The molecule has 4 rings (SSSR count). The van der Waals surface area contributed by atoms with E-state index < -0.39 is 0 Å². The third kappa shape index (κ3) is 3.72. The molecule has 2 aromatic heterocycles. The first-order valence-electron chi connectivity index (χ1n) is 9.58. The van der Waals surface area contributed by atoms with Crippen LogP contribution in [0, 0.1) is 6.92 Å². The van der Waals surface area contributed by atoms with Gasteiger partial charge in [0.15, 0.2) is 0 Å². The molecule has 2 aromatic carbocycles. The van der Waals surface area contributed by atoms with Gasteiger partial charge in [0.25, 0.3) is 5.56 Å². The van der Waals surface area contributed by atoms with Gasteiger partial charge in [0.1, 0.15) is 0 Å². The summed E-state index contributed by atoms with van der Waals surface area (Å²) in [5, 5.41) is 4.81. The lowest BCUT2D eigenvalue weighted by molar-refractivity contribution is -0.117. The fourth-order valence-corrected chi connectivity index (χ4v) is 3.58. The molecular weight excluding hydrogens is 398 g/mol. The minimum absolute atomic E-state index is 0.155. The number of aryl methyl sites for hydroxylation is 1. The smallest absolute Gasteiger partial charge is 0.263 e. The predicted molar refractivity (Wildman–Crippen MR) is 121 cm³/mol. The molecule has 0 saturated carbocycles. The standard InChI is InChI=1S/C24H20ClN3O2/c1-15(17-8-10-18(25)11-9-17)23(29)27-21-6-3-5-20-19(21)12-14-28(24(20)30)22-7-4-13-26-16(22)2/h3-15H,1-2H3,(H,27,29)/t15-/m0/s1. The van der Waals surface area contributed by atoms with Crippen LogP contribution in [0.5, 0.6) is 0 Å². The van der Waals surface area contributed by atoms with Gasteiger partial charge in [-0.1, -0.05) is 29.8 Å². The number of carbonyl (C=O) groups excluding carboxylic acids is 1. The van der Waals surface area contributed by atoms with Gasteiger partial charge in [-0.25, -0.2) is 0 Å². The number of carbonyl (C=O) groups is 1. The molecule has 4 aromatic rings. The summed E-state index contributed by atoms with van der Waals surface area (Å²) in [4.78, 5) is 30.2. The summed E-state index contributed by atoms with van der Waals surface area (Å²) in [6.07, 6.45) is 3.41. The van der Waals surface area contributed by atoms with Crippen molar-refractivity contribution in [2.75, 3.05) is 5.32 Å². The second-order valence-corrected chi connectivity index (χ2v) is 7.56. The van der Waals surface area contributed by atoms with E-state index in [1.165, 1.54) is 0 Å². The Morgan fingerprint density at radius 3 is 2.53 bits per heavy atom. The third-order valence-electron chi connectivity index (χ3n) is 5.21. The molecule has 30 heavy (non-hydrogen) atoms. The summed E-state index contributed by atoms with van der Waals surface area (Å²) in [5.74, 6) is -0.520. The summed E-state index contributed by atoms with van der Waals surface area (Å²) < 4.78 is 1.58. The van der Waals surface area contributed by atoms with Gasteiger partial charge >= 0.3 is 0 Å². The average Bonchev–Trinajstić information content (AvgIpc) is 2.75. The van der Waals surface area contributed by atoms with Crippen molar-refractivity contribution in [3.05, 3.63) is 99.7 Å². The van der Waals surface area contributed by atoms with E-state index in [0.717, 1.165) is 16.9 Å². The molecule has 0 aliphatic heterocycles. The third-order valence-corrected chi connectivity index (χ3v) is 5.46. The summed E-state index contributed by atoms with van der Waals surface area (Å²) >= 11 is 5.94. The minimum Gasteiger partial charge on any atom is -0.325 e. The Morgan fingerprint density at radius 1 is 1.03 bits per heavy atom. The van der Waals surface area contributed by atoms with Crippen molar-refractivity contribution in [3.63, 3.8) is 0 Å². The van der Waals surface area contributed by atoms with Crippen LogP contribution in [-0.4, -0.2) is 15.5 Å². The number of anilines is 1. The zero-order valence-electron chi connectivity index (χ0n) is 16.6. The molecule has 0 spiro atoms. The largest absolute Gasteiger partial charge is 0.325 e. The summed E-state index contributed by atoms with van der Waals surface area (Å²) in [5.41, 5.74) is 2.80. The van der Waals surface area contributed by atoms with E-state index in [0.29, 0.717) is 21.5 Å². The molecular formula is C24H20ClN3O2. The first kappa shape index (κ1) is 19.9. The van der Waals surface area contributed by atoms with Crippen molar-refractivity contribution in [2.45, 2.75) is 19.8 Å². The van der Waals surface area contributed by atoms with Crippen LogP contribution in [0.4, 0.5) is 5.69 Å². The molecule has 0 bridgehead atoms. The number of halogens is 1. The molecule has 2 heterocycles. The first-order chi connectivity index (χ1) is 14.5. The van der Waals surface area contributed by atoms with Gasteiger partial charge in [-0.15, -0.1) is 0 Å². The Hall–Kier alpha value is -3.44. The molecule has 5 nitrogen and oxygen atoms in total. The molecule has 150 valence electrons. The molecule has 0 saturated heterocycles. The zero-order valence-corrected chi connectivity index (χ0v) is 17.4. The zero-order chi connectivity index (χ0) is 21.3. The number of fused-ring (bicyclic) bond motifs is 1. The second kappa shape index (κ2) is 8.13. The van der Waals surface area contributed by atoms with Crippen molar-refractivity contribution in [1.82, 2.24) is 9.55 Å². The monoisotopic (exact) mass is 417 g/mol. The lowest BCUT2D eigenvalue weighted by atomic mass is 10.00. The van der Waals surface area contributed by atoms with E-state index in [1.807, 2.05) is 38.1 Å². The highest BCUT2D eigenvalue weighted by Crippen LogP contribution is 2.25. The Morgan fingerprint density at radius 2 is 1.80 bits per heavy atom. The number of hydrogen-bond acceptors (Lipinski definition) is 3. The van der Waals surface area contributed by atoms with Gasteiger partial charge in [0.05, 0.1) is 17.3 Å². The lowest BCUT2D eigenvalue weighted by Crippen LogP contribution is -2.21. The Labute approximate surface area is 179 Å². The van der Waals surface area contributed by atoms with Crippen LogP contribution in [0.3, 0.4) is 0 Å². The normalized spacial score (nSPS) is 12.0. The number of nitrogens with one attached hydrogen (secondary N) is 1. The number of amides is 1. The van der Waals surface area contributed by atoms with Crippen LogP contribution in [0.1, 0.15) is 24.1 Å². The van der Waals surface area contributed by atoms with Crippen LogP contribution < -0.4 is 10.9 Å². The Kier molecular flexibility index (Phi) is 5.38. The van der Waals surface area contributed by atoms with Crippen molar-refractivity contribution >= 4 is 34.0 Å². The number of nitrogens with zero attached hydrogens (tertiary/aromatic N) is 2. The Bertz CT molecular complexity index is 1300. The number of rotatable bonds is 4. The molecule has 0 radical (unpaired) electrons. The molecule has 1 N–H and O–H groups in total. The number of benzene rings is 2. The maximum absolute atomic E-state index is 13.1. The highest BCUT2D eigenvalue weighted by atomic mass is 35.5. The summed E-state index contributed by atoms with van der Waals surface area (Å²) in [7, 11) is 0. The SMILES string of the molecule is Cc1ncccc1-n1ccc2c(NC(=O)[C@@H](C)c3ccc(Cl)cc3)cccc2c1=O. The van der Waals surface area contributed by atoms with E-state index in [9.17, 15) is 9.59 Å². The van der Waals surface area contributed by atoms with Crippen molar-refractivity contribution < 1.29 is 4.79 Å². The number of hydrogen-bond donors (Lipinski definition) is 1. The molecule has 0 aliphatic rings. The highest BCUT2D eigenvalue weighted by Gasteiger charge is 2.17. The molecule has 1 atom stereocenters.